The number of hydrogen-bond acceptors (Lipinski definition) is 4. The Morgan fingerprint density at radius 3 is 2.64 bits per heavy atom. The van der Waals surface area contributed by atoms with Gasteiger partial charge in [-0.1, -0.05) is 18.5 Å². The number of anilines is 1. The molecule has 1 N–H and O–H groups in total. The predicted molar refractivity (Wildman–Crippen MR) is 90.8 cm³/mol. The largest absolute Gasteiger partial charge is 0.437 e. The van der Waals surface area contributed by atoms with E-state index in [2.05, 4.69) is 10.3 Å². The predicted octanol–water partition coefficient (Wildman–Crippen LogP) is 4.52. The molecule has 148 valence electrons. The molecular formula is C17H12ClF4N3O3. The van der Waals surface area contributed by atoms with E-state index in [0.717, 1.165) is 30.5 Å². The number of nitrogens with zero attached hydrogens (tertiary/aromatic N) is 2. The number of alkyl halides is 3. The highest BCUT2D eigenvalue weighted by Crippen LogP contribution is 2.40. The number of halogens is 5. The van der Waals surface area contributed by atoms with Crippen LogP contribution in [0.4, 0.5) is 28.0 Å². The summed E-state index contributed by atoms with van der Waals surface area (Å²) in [5, 5.41) is 2.02. The molecule has 2 heterocycles. The number of pyridine rings is 1. The number of ether oxygens (including phenoxy) is 1. The van der Waals surface area contributed by atoms with Crippen LogP contribution in [0.2, 0.25) is 5.02 Å². The van der Waals surface area contributed by atoms with Gasteiger partial charge in [-0.15, -0.1) is 0 Å². The lowest BCUT2D eigenvalue weighted by atomic mass is 10.2. The molecule has 2 aromatic rings. The first-order valence-corrected chi connectivity index (χ1v) is 8.34. The molecule has 1 atom stereocenters. The third-order valence-electron chi connectivity index (χ3n) is 3.95. The molecule has 0 saturated carbocycles. The lowest BCUT2D eigenvalue weighted by molar-refractivity contribution is -0.138. The fourth-order valence-electron chi connectivity index (χ4n) is 2.60. The molecule has 1 fully saturated rings. The molecule has 28 heavy (non-hydrogen) atoms. The molecule has 6 nitrogen and oxygen atoms in total. The smallest absolute Gasteiger partial charge is 0.421 e. The van der Waals surface area contributed by atoms with Crippen molar-refractivity contribution in [1.29, 1.82) is 0 Å². The molecule has 0 aliphatic carbocycles. The first-order valence-electron chi connectivity index (χ1n) is 7.97. The van der Waals surface area contributed by atoms with Gasteiger partial charge in [0, 0.05) is 12.3 Å². The number of imide groups is 1. The van der Waals surface area contributed by atoms with Crippen LogP contribution >= 0.6 is 11.6 Å². The maximum Gasteiger partial charge on any atom is 0.421 e. The van der Waals surface area contributed by atoms with Gasteiger partial charge in [-0.25, -0.2) is 19.1 Å². The van der Waals surface area contributed by atoms with Gasteiger partial charge in [0.1, 0.15) is 23.2 Å². The van der Waals surface area contributed by atoms with Crippen LogP contribution in [0, 0.1) is 5.82 Å². The number of nitrogens with one attached hydrogen (secondary N) is 1. The van der Waals surface area contributed by atoms with Crippen LogP contribution < -0.4 is 15.0 Å². The van der Waals surface area contributed by atoms with Crippen molar-refractivity contribution in [2.24, 2.45) is 0 Å². The van der Waals surface area contributed by atoms with Gasteiger partial charge >= 0.3 is 12.2 Å². The second-order valence-corrected chi connectivity index (χ2v) is 6.18. The summed E-state index contributed by atoms with van der Waals surface area (Å²) in [4.78, 5) is 28.4. The highest BCUT2D eigenvalue weighted by molar-refractivity contribution is 6.32. The summed E-state index contributed by atoms with van der Waals surface area (Å²) in [6.07, 6.45) is -3.40. The Labute approximate surface area is 161 Å². The van der Waals surface area contributed by atoms with Crippen molar-refractivity contribution in [2.45, 2.75) is 25.6 Å². The van der Waals surface area contributed by atoms with Crippen molar-refractivity contribution in [3.8, 4) is 11.6 Å². The third kappa shape index (κ3) is 3.59. The van der Waals surface area contributed by atoms with Crippen molar-refractivity contribution in [3.05, 3.63) is 46.9 Å². The molecule has 1 aromatic carbocycles. The molecule has 1 aliphatic rings. The quantitative estimate of drug-likeness (QED) is 0.586. The number of aromatic nitrogens is 1. The van der Waals surface area contributed by atoms with E-state index in [-0.39, 0.29) is 11.4 Å². The van der Waals surface area contributed by atoms with Crippen molar-refractivity contribution < 1.29 is 31.9 Å². The average Bonchev–Trinajstić information content (AvgIpc) is 2.91. The van der Waals surface area contributed by atoms with Gasteiger partial charge in [-0.2, -0.15) is 13.2 Å². The van der Waals surface area contributed by atoms with Gasteiger partial charge in [-0.3, -0.25) is 4.79 Å². The van der Waals surface area contributed by atoms with Crippen LogP contribution in [-0.4, -0.2) is 23.0 Å². The summed E-state index contributed by atoms with van der Waals surface area (Å²) in [6, 6.07) is 1.75. The van der Waals surface area contributed by atoms with E-state index < -0.39 is 52.9 Å². The molecule has 1 aromatic heterocycles. The molecule has 11 heteroatoms. The van der Waals surface area contributed by atoms with Gasteiger partial charge in [-0.05, 0) is 24.6 Å². The highest BCUT2D eigenvalue weighted by atomic mass is 35.5. The molecule has 1 unspecified atom stereocenters. The van der Waals surface area contributed by atoms with E-state index >= 15 is 0 Å². The standard InChI is InChI=1S/C17H12ClF4N3O3/c1-2-11-15(26)25(16(27)24-11)12-7-13(9(18)6-10(12)19)28-14-8(17(20,21)22)4-3-5-23-14/h3-7,11H,2H2,1H3,(H,24,27). The van der Waals surface area contributed by atoms with Crippen LogP contribution in [0.25, 0.3) is 0 Å². The zero-order valence-electron chi connectivity index (χ0n) is 14.2. The van der Waals surface area contributed by atoms with E-state index in [4.69, 9.17) is 16.3 Å². The summed E-state index contributed by atoms with van der Waals surface area (Å²) < 4.78 is 58.8. The Hall–Kier alpha value is -2.88. The second kappa shape index (κ2) is 7.27. The number of benzene rings is 1. The summed E-state index contributed by atoms with van der Waals surface area (Å²) in [5.41, 5.74) is -1.67. The second-order valence-electron chi connectivity index (χ2n) is 5.77. The minimum absolute atomic E-state index is 0.280. The molecule has 3 amide bonds. The Kier molecular flexibility index (Phi) is 5.16. The van der Waals surface area contributed by atoms with Gasteiger partial charge in [0.2, 0.25) is 5.88 Å². The molecule has 1 saturated heterocycles. The van der Waals surface area contributed by atoms with E-state index in [0.29, 0.717) is 4.90 Å². The van der Waals surface area contributed by atoms with Crippen molar-refractivity contribution in [2.75, 3.05) is 4.90 Å². The Morgan fingerprint density at radius 2 is 2.04 bits per heavy atom. The summed E-state index contributed by atoms with van der Waals surface area (Å²) in [6.45, 7) is 1.65. The summed E-state index contributed by atoms with van der Waals surface area (Å²) >= 11 is 5.88. The molecule has 0 bridgehead atoms. The minimum Gasteiger partial charge on any atom is -0.437 e. The van der Waals surface area contributed by atoms with Gasteiger partial charge in [0.05, 0.1) is 10.7 Å². The fraction of sp³-hybridized carbons (Fsp3) is 0.235. The maximum absolute atomic E-state index is 14.4. The number of hydrogen-bond donors (Lipinski definition) is 1. The monoisotopic (exact) mass is 417 g/mol. The lowest BCUT2D eigenvalue weighted by Gasteiger charge is -2.17. The molecule has 1 aliphatic heterocycles. The number of urea groups is 1. The molecule has 3 rings (SSSR count). The van der Waals surface area contributed by atoms with Crippen molar-refractivity contribution in [1.82, 2.24) is 10.3 Å². The van der Waals surface area contributed by atoms with Crippen LogP contribution in [0.5, 0.6) is 11.6 Å². The minimum atomic E-state index is -4.75. The van der Waals surface area contributed by atoms with Crippen LogP contribution in [0.3, 0.4) is 0 Å². The molecule has 0 spiro atoms. The topological polar surface area (TPSA) is 71.5 Å². The molecule has 0 radical (unpaired) electrons. The van der Waals surface area contributed by atoms with Crippen LogP contribution in [-0.2, 0) is 11.0 Å². The normalized spacial score (nSPS) is 17.1. The zero-order chi connectivity index (χ0) is 20.6. The first-order chi connectivity index (χ1) is 13.1. The molecular weight excluding hydrogens is 406 g/mol. The van der Waals surface area contributed by atoms with Crippen LogP contribution in [0.1, 0.15) is 18.9 Å². The van der Waals surface area contributed by atoms with E-state index in [9.17, 15) is 27.2 Å². The number of amides is 3. The van der Waals surface area contributed by atoms with Crippen molar-refractivity contribution >= 4 is 29.2 Å². The van der Waals surface area contributed by atoms with Gasteiger partial charge in [0.25, 0.3) is 5.91 Å². The Balaban J connectivity index is 2.03. The number of rotatable bonds is 4. The van der Waals surface area contributed by atoms with Gasteiger partial charge in [0.15, 0.2) is 0 Å². The Bertz CT molecular complexity index is 952. The fourth-order valence-corrected chi connectivity index (χ4v) is 2.78. The number of carbonyl (C=O) groups excluding carboxylic acids is 2. The van der Waals surface area contributed by atoms with E-state index in [1.165, 1.54) is 0 Å². The summed E-state index contributed by atoms with van der Waals surface area (Å²) in [7, 11) is 0. The van der Waals surface area contributed by atoms with E-state index in [1.807, 2.05) is 0 Å². The third-order valence-corrected chi connectivity index (χ3v) is 4.25. The number of carbonyl (C=O) groups is 2. The first kappa shape index (κ1) is 19.9. The SMILES string of the molecule is CCC1NC(=O)N(c2cc(Oc3ncccc3C(F)(F)F)c(Cl)cc2F)C1=O. The van der Waals surface area contributed by atoms with Crippen molar-refractivity contribution in [3.63, 3.8) is 0 Å². The average molecular weight is 418 g/mol. The van der Waals surface area contributed by atoms with Gasteiger partial charge < -0.3 is 10.1 Å². The summed E-state index contributed by atoms with van der Waals surface area (Å²) in [5.74, 6) is -2.93. The van der Waals surface area contributed by atoms with Crippen LogP contribution in [0.15, 0.2) is 30.5 Å². The highest BCUT2D eigenvalue weighted by Gasteiger charge is 2.40. The maximum atomic E-state index is 14.4. The van der Waals surface area contributed by atoms with E-state index in [1.54, 1.807) is 6.92 Å². The Morgan fingerprint density at radius 1 is 1.32 bits per heavy atom. The lowest BCUT2D eigenvalue weighted by Crippen LogP contribution is -2.32. The zero-order valence-corrected chi connectivity index (χ0v) is 14.9.